The molecule has 0 aliphatic heterocycles. The van der Waals surface area contributed by atoms with Gasteiger partial charge in [0.2, 0.25) is 5.28 Å². The summed E-state index contributed by atoms with van der Waals surface area (Å²) in [5.74, 6) is 2.61. The molecule has 1 heterocycles. The molecule has 17 heavy (non-hydrogen) atoms. The van der Waals surface area contributed by atoms with Crippen LogP contribution in [0.1, 0.15) is 57.8 Å². The molecule has 3 nitrogen and oxygen atoms in total. The van der Waals surface area contributed by atoms with E-state index in [1.54, 1.807) is 0 Å². The molecule has 0 amide bonds. The molecule has 1 aliphatic rings. The average molecular weight is 274 g/mol. The molecular weight excluding hydrogens is 254 g/mol. The van der Waals surface area contributed by atoms with Crippen molar-refractivity contribution in [1.82, 2.24) is 14.8 Å². The van der Waals surface area contributed by atoms with Gasteiger partial charge in [-0.25, -0.2) is 0 Å². The van der Waals surface area contributed by atoms with Gasteiger partial charge in [-0.05, 0) is 36.6 Å². The summed E-state index contributed by atoms with van der Waals surface area (Å²) >= 11 is 8.24. The van der Waals surface area contributed by atoms with Gasteiger partial charge >= 0.3 is 0 Å². The van der Waals surface area contributed by atoms with Gasteiger partial charge in [0.05, 0.1) is 0 Å². The maximum Gasteiger partial charge on any atom is 0.225 e. The first kappa shape index (κ1) is 13.2. The highest BCUT2D eigenvalue weighted by molar-refractivity contribution is 7.99. The Balaban J connectivity index is 2.15. The predicted molar refractivity (Wildman–Crippen MR) is 73.9 cm³/mol. The van der Waals surface area contributed by atoms with E-state index in [0.29, 0.717) is 17.2 Å². The third kappa shape index (κ3) is 2.79. The first-order valence-corrected chi connectivity index (χ1v) is 7.78. The molecule has 1 fully saturated rings. The summed E-state index contributed by atoms with van der Waals surface area (Å²) in [6, 6.07) is 0.499. The number of rotatable bonds is 4. The maximum absolute atomic E-state index is 6.18. The maximum atomic E-state index is 6.18. The Hall–Kier alpha value is -0.220. The first-order chi connectivity index (χ1) is 8.13. The van der Waals surface area contributed by atoms with Crippen LogP contribution < -0.4 is 0 Å². The molecule has 1 aromatic heterocycles. The molecule has 0 aromatic carbocycles. The lowest BCUT2D eigenvalue weighted by Gasteiger charge is -2.17. The largest absolute Gasteiger partial charge is 0.298 e. The summed E-state index contributed by atoms with van der Waals surface area (Å²) < 4.78 is 2.16. The van der Waals surface area contributed by atoms with E-state index >= 15 is 0 Å². The fourth-order valence-electron chi connectivity index (χ4n) is 2.55. The molecule has 0 saturated heterocycles. The number of aromatic nitrogens is 3. The third-order valence-corrected chi connectivity index (χ3v) is 4.81. The molecule has 0 bridgehead atoms. The Morgan fingerprint density at radius 3 is 2.82 bits per heavy atom. The van der Waals surface area contributed by atoms with E-state index in [1.807, 2.05) is 0 Å². The Morgan fingerprint density at radius 2 is 2.18 bits per heavy atom. The summed E-state index contributed by atoms with van der Waals surface area (Å²) in [6.07, 6.45) is 3.69. The fraction of sp³-hybridized carbons (Fsp3) is 0.833. The Labute approximate surface area is 112 Å². The minimum absolute atomic E-state index is 0.382. The molecule has 1 saturated carbocycles. The Bertz CT molecular complexity index is 378. The van der Waals surface area contributed by atoms with Crippen LogP contribution in [0.4, 0.5) is 0 Å². The average Bonchev–Trinajstić information content (AvgIpc) is 2.85. The molecule has 5 heteroatoms. The lowest BCUT2D eigenvalue weighted by atomic mass is 10.2. The minimum Gasteiger partial charge on any atom is -0.298 e. The first-order valence-electron chi connectivity index (χ1n) is 6.35. The number of hydrogen-bond donors (Lipinski definition) is 0. The lowest BCUT2D eigenvalue weighted by Crippen LogP contribution is -2.11. The highest BCUT2D eigenvalue weighted by Crippen LogP contribution is 2.39. The van der Waals surface area contributed by atoms with Crippen molar-refractivity contribution < 1.29 is 0 Å². The van der Waals surface area contributed by atoms with Crippen LogP contribution in [0.3, 0.4) is 0 Å². The van der Waals surface area contributed by atoms with Crippen LogP contribution in [0.25, 0.3) is 0 Å². The van der Waals surface area contributed by atoms with Crippen molar-refractivity contribution in [2.24, 2.45) is 0 Å². The molecule has 0 N–H and O–H groups in total. The summed E-state index contributed by atoms with van der Waals surface area (Å²) in [5, 5.41) is 9.57. The van der Waals surface area contributed by atoms with Crippen molar-refractivity contribution in [3.05, 3.63) is 11.1 Å². The van der Waals surface area contributed by atoms with Crippen molar-refractivity contribution in [3.8, 4) is 0 Å². The van der Waals surface area contributed by atoms with Gasteiger partial charge in [0.15, 0.2) is 0 Å². The summed E-state index contributed by atoms with van der Waals surface area (Å²) in [5.41, 5.74) is 0. The van der Waals surface area contributed by atoms with Crippen molar-refractivity contribution in [2.45, 2.75) is 57.2 Å². The van der Waals surface area contributed by atoms with Gasteiger partial charge < -0.3 is 0 Å². The molecule has 0 spiro atoms. The van der Waals surface area contributed by atoms with E-state index in [2.05, 4.69) is 47.3 Å². The Kier molecular flexibility index (Phi) is 4.36. The minimum atomic E-state index is 0.382. The molecular formula is C12H20ClN3S. The Morgan fingerprint density at radius 1 is 1.41 bits per heavy atom. The van der Waals surface area contributed by atoms with Crippen LogP contribution in [0.2, 0.25) is 5.28 Å². The second kappa shape index (κ2) is 5.61. The predicted octanol–water partition coefficient (Wildman–Crippen LogP) is 3.90. The lowest BCUT2D eigenvalue weighted by molar-refractivity contribution is 0.488. The van der Waals surface area contributed by atoms with Crippen molar-refractivity contribution >= 4 is 23.4 Å². The van der Waals surface area contributed by atoms with Crippen molar-refractivity contribution in [1.29, 1.82) is 0 Å². The molecule has 1 aromatic rings. The number of nitrogens with zero attached hydrogens (tertiary/aromatic N) is 3. The van der Waals surface area contributed by atoms with E-state index < -0.39 is 0 Å². The number of hydrogen-bond acceptors (Lipinski definition) is 3. The van der Waals surface area contributed by atoms with Crippen LogP contribution in [0.15, 0.2) is 0 Å². The van der Waals surface area contributed by atoms with E-state index in [4.69, 9.17) is 11.6 Å². The van der Waals surface area contributed by atoms with E-state index in [1.165, 1.54) is 25.0 Å². The number of halogens is 1. The zero-order valence-corrected chi connectivity index (χ0v) is 12.3. The second-order valence-corrected chi connectivity index (χ2v) is 6.81. The van der Waals surface area contributed by atoms with Gasteiger partial charge in [0, 0.05) is 17.2 Å². The van der Waals surface area contributed by atoms with Crippen LogP contribution in [-0.2, 0) is 0 Å². The van der Waals surface area contributed by atoms with E-state index in [0.717, 1.165) is 11.1 Å². The topological polar surface area (TPSA) is 30.7 Å². The van der Waals surface area contributed by atoms with Crippen molar-refractivity contribution in [2.75, 3.05) is 5.75 Å². The molecule has 2 rings (SSSR count). The fourth-order valence-corrected chi connectivity index (χ4v) is 3.95. The van der Waals surface area contributed by atoms with Gasteiger partial charge in [-0.3, -0.25) is 4.57 Å². The molecule has 2 atom stereocenters. The quantitative estimate of drug-likeness (QED) is 0.834. The standard InChI is InChI=1S/C12H20ClN3S/c1-4-17-10-6-5-9(7-10)16-11(8(2)3)14-15-12(16)13/h8-10H,4-7H2,1-3H3. The van der Waals surface area contributed by atoms with Crippen LogP contribution in [0, 0.1) is 0 Å². The normalized spacial score (nSPS) is 24.8. The van der Waals surface area contributed by atoms with E-state index in [-0.39, 0.29) is 0 Å². The highest BCUT2D eigenvalue weighted by atomic mass is 35.5. The second-order valence-electron chi connectivity index (χ2n) is 4.90. The van der Waals surface area contributed by atoms with E-state index in [9.17, 15) is 0 Å². The number of thioether (sulfide) groups is 1. The van der Waals surface area contributed by atoms with Gasteiger partial charge in [-0.2, -0.15) is 11.8 Å². The SMILES string of the molecule is CCSC1CCC(n2c(Cl)nnc2C(C)C)C1. The zero-order chi connectivity index (χ0) is 12.4. The monoisotopic (exact) mass is 273 g/mol. The molecule has 1 aliphatic carbocycles. The van der Waals surface area contributed by atoms with Gasteiger partial charge in [-0.15, -0.1) is 10.2 Å². The summed E-state index contributed by atoms with van der Waals surface area (Å²) in [6.45, 7) is 6.51. The summed E-state index contributed by atoms with van der Waals surface area (Å²) in [4.78, 5) is 0. The highest BCUT2D eigenvalue weighted by Gasteiger charge is 2.29. The van der Waals surface area contributed by atoms with Gasteiger partial charge in [0.1, 0.15) is 5.82 Å². The zero-order valence-electron chi connectivity index (χ0n) is 10.7. The smallest absolute Gasteiger partial charge is 0.225 e. The van der Waals surface area contributed by atoms with Gasteiger partial charge in [-0.1, -0.05) is 20.8 Å². The third-order valence-electron chi connectivity index (χ3n) is 3.32. The van der Waals surface area contributed by atoms with Gasteiger partial charge in [0.25, 0.3) is 0 Å². The van der Waals surface area contributed by atoms with Crippen LogP contribution >= 0.6 is 23.4 Å². The van der Waals surface area contributed by atoms with Crippen LogP contribution in [-0.4, -0.2) is 25.8 Å². The van der Waals surface area contributed by atoms with Crippen LogP contribution in [0.5, 0.6) is 0 Å². The molecule has 2 unspecified atom stereocenters. The molecule has 0 radical (unpaired) electrons. The summed E-state index contributed by atoms with van der Waals surface area (Å²) in [7, 11) is 0. The van der Waals surface area contributed by atoms with Crippen molar-refractivity contribution in [3.63, 3.8) is 0 Å². The molecule has 96 valence electrons.